The Morgan fingerprint density at radius 2 is 1.85 bits per heavy atom. The Kier molecular flexibility index (Phi) is 7.19. The number of hydrogen-bond acceptors (Lipinski definition) is 6. The molecule has 0 saturated heterocycles. The predicted molar refractivity (Wildman–Crippen MR) is 149 cm³/mol. The lowest BCUT2D eigenvalue weighted by Crippen LogP contribution is -2.34. The van der Waals surface area contributed by atoms with Crippen molar-refractivity contribution < 1.29 is 32.1 Å². The molecule has 0 spiro atoms. The standard InChI is InChI=1S/C27H25BClFN2O6S/c1-31-27(33)25-20-12-19(16-4-5-16)23(13-24(20)38-26(25)17-6-8-18(29)9-7-17)32(39(2,36)37)14-15-3-10-21(28(34)35)22(30)11-15/h3,6-13,16,34-35H,4-5,14H2,1-2H3,(H,31,33). The molecule has 8 nitrogen and oxygen atoms in total. The molecule has 0 bridgehead atoms. The molecule has 1 aliphatic carbocycles. The molecule has 0 unspecified atom stereocenters. The fourth-order valence-electron chi connectivity index (χ4n) is 4.67. The zero-order valence-corrected chi connectivity index (χ0v) is 22.7. The van der Waals surface area contributed by atoms with Gasteiger partial charge in [0.05, 0.1) is 24.1 Å². The maximum Gasteiger partial charge on any atom is 0.491 e. The van der Waals surface area contributed by atoms with Crippen molar-refractivity contribution in [3.63, 3.8) is 0 Å². The number of amides is 1. The molecule has 1 fully saturated rings. The van der Waals surface area contributed by atoms with Gasteiger partial charge in [0.2, 0.25) is 10.0 Å². The molecule has 1 amide bonds. The van der Waals surface area contributed by atoms with Gasteiger partial charge < -0.3 is 19.8 Å². The zero-order valence-electron chi connectivity index (χ0n) is 21.1. The number of fused-ring (bicyclic) bond motifs is 1. The molecular weight excluding hydrogens is 546 g/mol. The molecule has 1 saturated carbocycles. The molecule has 5 rings (SSSR count). The highest BCUT2D eigenvalue weighted by Gasteiger charge is 2.33. The smallest absolute Gasteiger partial charge is 0.455 e. The van der Waals surface area contributed by atoms with Crippen LogP contribution in [0.1, 0.15) is 40.2 Å². The zero-order chi connectivity index (χ0) is 28.1. The monoisotopic (exact) mass is 570 g/mol. The van der Waals surface area contributed by atoms with Crippen LogP contribution in [0.25, 0.3) is 22.3 Å². The van der Waals surface area contributed by atoms with Gasteiger partial charge in [-0.15, -0.1) is 0 Å². The Labute approximate surface area is 230 Å². The molecule has 39 heavy (non-hydrogen) atoms. The van der Waals surface area contributed by atoms with Crippen LogP contribution in [0.15, 0.2) is 59.0 Å². The van der Waals surface area contributed by atoms with Gasteiger partial charge in [0.25, 0.3) is 5.91 Å². The van der Waals surface area contributed by atoms with E-state index in [1.165, 1.54) is 23.5 Å². The molecule has 1 aliphatic rings. The van der Waals surface area contributed by atoms with Crippen LogP contribution in [0.2, 0.25) is 5.02 Å². The molecule has 12 heteroatoms. The van der Waals surface area contributed by atoms with E-state index in [-0.39, 0.29) is 23.8 Å². The summed E-state index contributed by atoms with van der Waals surface area (Å²) < 4.78 is 47.9. The Balaban J connectivity index is 1.69. The van der Waals surface area contributed by atoms with Gasteiger partial charge >= 0.3 is 7.12 Å². The summed E-state index contributed by atoms with van der Waals surface area (Å²) in [6.45, 7) is -0.199. The number of benzene rings is 3. The molecule has 1 heterocycles. The number of sulfonamides is 1. The summed E-state index contributed by atoms with van der Waals surface area (Å²) in [5.41, 5.74) is 2.40. The van der Waals surface area contributed by atoms with Gasteiger partial charge in [0.1, 0.15) is 17.2 Å². The summed E-state index contributed by atoms with van der Waals surface area (Å²) in [5, 5.41) is 22.4. The normalized spacial score (nSPS) is 13.5. The summed E-state index contributed by atoms with van der Waals surface area (Å²) >= 11 is 6.05. The summed E-state index contributed by atoms with van der Waals surface area (Å²) in [4.78, 5) is 13.0. The van der Waals surface area contributed by atoms with E-state index >= 15 is 0 Å². The van der Waals surface area contributed by atoms with Gasteiger partial charge in [-0.2, -0.15) is 0 Å². The number of carbonyl (C=O) groups is 1. The lowest BCUT2D eigenvalue weighted by molar-refractivity contribution is 0.0964. The van der Waals surface area contributed by atoms with E-state index in [1.54, 1.807) is 36.4 Å². The number of anilines is 1. The summed E-state index contributed by atoms with van der Waals surface area (Å²) in [7, 11) is -4.32. The average molecular weight is 571 g/mol. The second-order valence-electron chi connectivity index (χ2n) is 9.57. The van der Waals surface area contributed by atoms with Crippen molar-refractivity contribution in [1.29, 1.82) is 0 Å². The second-order valence-corrected chi connectivity index (χ2v) is 11.9. The first kappa shape index (κ1) is 27.2. The number of nitrogens with zero attached hydrogens (tertiary/aromatic N) is 1. The van der Waals surface area contributed by atoms with Crippen molar-refractivity contribution in [3.05, 3.63) is 82.1 Å². The number of rotatable bonds is 8. The topological polar surface area (TPSA) is 120 Å². The van der Waals surface area contributed by atoms with Crippen molar-refractivity contribution >= 4 is 56.8 Å². The number of carbonyl (C=O) groups excluding carboxylic acids is 1. The van der Waals surface area contributed by atoms with Gasteiger partial charge in [-0.25, -0.2) is 12.8 Å². The highest BCUT2D eigenvalue weighted by Crippen LogP contribution is 2.48. The first-order valence-electron chi connectivity index (χ1n) is 12.2. The van der Waals surface area contributed by atoms with E-state index in [9.17, 15) is 27.7 Å². The number of furan rings is 1. The van der Waals surface area contributed by atoms with Crippen molar-refractivity contribution in [3.8, 4) is 11.3 Å². The Morgan fingerprint density at radius 3 is 2.41 bits per heavy atom. The van der Waals surface area contributed by atoms with Crippen LogP contribution >= 0.6 is 11.6 Å². The van der Waals surface area contributed by atoms with Gasteiger partial charge in [-0.3, -0.25) is 9.10 Å². The minimum atomic E-state index is -3.86. The molecule has 0 aliphatic heterocycles. The quantitative estimate of drug-likeness (QED) is 0.278. The first-order chi connectivity index (χ1) is 18.5. The van der Waals surface area contributed by atoms with Crippen molar-refractivity contribution in [2.24, 2.45) is 0 Å². The van der Waals surface area contributed by atoms with Crippen LogP contribution in [-0.2, 0) is 16.6 Å². The van der Waals surface area contributed by atoms with Gasteiger partial charge in [0, 0.05) is 34.5 Å². The van der Waals surface area contributed by atoms with Crippen LogP contribution in [-0.4, -0.2) is 44.8 Å². The molecule has 3 aromatic carbocycles. The SMILES string of the molecule is CNC(=O)c1c(-c2ccc(Cl)cc2)oc2cc(N(Cc3ccc(B(O)O)c(F)c3)S(C)(=O)=O)c(C3CC3)cc12. The van der Waals surface area contributed by atoms with E-state index < -0.39 is 23.0 Å². The van der Waals surface area contributed by atoms with Gasteiger partial charge in [0.15, 0.2) is 0 Å². The Morgan fingerprint density at radius 1 is 1.15 bits per heavy atom. The maximum absolute atomic E-state index is 14.5. The third kappa shape index (κ3) is 5.40. The minimum Gasteiger partial charge on any atom is -0.455 e. The predicted octanol–water partition coefficient (Wildman–Crippen LogP) is 3.78. The fraction of sp³-hybridized carbons (Fsp3) is 0.222. The largest absolute Gasteiger partial charge is 0.491 e. The third-order valence-electron chi connectivity index (χ3n) is 6.75. The van der Waals surface area contributed by atoms with Crippen molar-refractivity contribution in [1.82, 2.24) is 5.32 Å². The molecular formula is C27H25BClFN2O6S. The van der Waals surface area contributed by atoms with Crippen LogP contribution in [0, 0.1) is 5.82 Å². The fourth-order valence-corrected chi connectivity index (χ4v) is 5.69. The first-order valence-corrected chi connectivity index (χ1v) is 14.4. The van der Waals surface area contributed by atoms with Crippen molar-refractivity contribution in [2.45, 2.75) is 25.3 Å². The minimum absolute atomic E-state index is 0.0868. The highest BCUT2D eigenvalue weighted by atomic mass is 35.5. The van der Waals surface area contributed by atoms with Crippen LogP contribution in [0.3, 0.4) is 0 Å². The summed E-state index contributed by atoms with van der Waals surface area (Å²) in [6, 6.07) is 14.0. The molecule has 3 N–H and O–H groups in total. The number of nitrogens with one attached hydrogen (secondary N) is 1. The Hall–Kier alpha value is -3.38. The molecule has 1 aromatic heterocycles. The second kappa shape index (κ2) is 10.3. The Bertz CT molecular complexity index is 1690. The average Bonchev–Trinajstić information content (AvgIpc) is 3.66. The molecule has 4 aromatic rings. The van der Waals surface area contributed by atoms with E-state index in [2.05, 4.69) is 5.32 Å². The van der Waals surface area contributed by atoms with E-state index in [0.717, 1.165) is 30.7 Å². The van der Waals surface area contributed by atoms with Crippen LogP contribution in [0.4, 0.5) is 10.1 Å². The molecule has 0 radical (unpaired) electrons. The number of hydrogen-bond donors (Lipinski definition) is 3. The maximum atomic E-state index is 14.5. The van der Waals surface area contributed by atoms with Gasteiger partial charge in [-0.05, 0) is 66.3 Å². The summed E-state index contributed by atoms with van der Waals surface area (Å²) in [5.74, 6) is -0.799. The van der Waals surface area contributed by atoms with E-state index in [1.807, 2.05) is 0 Å². The highest BCUT2D eigenvalue weighted by molar-refractivity contribution is 7.92. The van der Waals surface area contributed by atoms with Crippen LogP contribution < -0.4 is 15.1 Å². The third-order valence-corrected chi connectivity index (χ3v) is 8.13. The number of halogens is 2. The van der Waals surface area contributed by atoms with E-state index in [4.69, 9.17) is 16.0 Å². The van der Waals surface area contributed by atoms with Crippen LogP contribution in [0.5, 0.6) is 0 Å². The van der Waals surface area contributed by atoms with Crippen molar-refractivity contribution in [2.75, 3.05) is 17.6 Å². The molecule has 0 atom stereocenters. The van der Waals surface area contributed by atoms with E-state index in [0.29, 0.717) is 44.1 Å². The lowest BCUT2D eigenvalue weighted by Gasteiger charge is -2.25. The lowest BCUT2D eigenvalue weighted by atomic mass is 9.79. The summed E-state index contributed by atoms with van der Waals surface area (Å²) in [6.07, 6.45) is 2.77. The molecule has 202 valence electrons. The van der Waals surface area contributed by atoms with Gasteiger partial charge in [-0.1, -0.05) is 23.7 Å².